The summed E-state index contributed by atoms with van der Waals surface area (Å²) in [4.78, 5) is 17.6. The molecule has 1 aromatic rings. The van der Waals surface area contributed by atoms with E-state index < -0.39 is 29.9 Å². The van der Waals surface area contributed by atoms with Gasteiger partial charge in [0.05, 0.1) is 6.42 Å². The molecular weight excluding hydrogens is 335 g/mol. The van der Waals surface area contributed by atoms with Gasteiger partial charge < -0.3 is 14.6 Å². The van der Waals surface area contributed by atoms with Crippen LogP contribution >= 0.6 is 0 Å². The van der Waals surface area contributed by atoms with E-state index in [2.05, 4.69) is 11.9 Å². The molecule has 0 aromatic carbocycles. The van der Waals surface area contributed by atoms with Gasteiger partial charge in [0.15, 0.2) is 5.82 Å². The summed E-state index contributed by atoms with van der Waals surface area (Å²) in [5.41, 5.74) is -3.28. The van der Waals surface area contributed by atoms with Crippen LogP contribution < -0.4 is 0 Å². The van der Waals surface area contributed by atoms with E-state index in [1.165, 1.54) is 24.3 Å². The molecule has 0 saturated carbocycles. The van der Waals surface area contributed by atoms with Crippen LogP contribution in [0.15, 0.2) is 12.4 Å². The van der Waals surface area contributed by atoms with Crippen LogP contribution in [0, 0.1) is 5.92 Å². The quantitative estimate of drug-likeness (QED) is 0.877. The lowest BCUT2D eigenvalue weighted by atomic mass is 9.95. The van der Waals surface area contributed by atoms with Crippen molar-refractivity contribution >= 4 is 5.91 Å². The fraction of sp³-hybridized carbons (Fsp3) is 0.765. The van der Waals surface area contributed by atoms with Gasteiger partial charge in [-0.3, -0.25) is 4.79 Å². The maximum atomic E-state index is 13.5. The van der Waals surface area contributed by atoms with Crippen LogP contribution in [0.2, 0.25) is 0 Å². The van der Waals surface area contributed by atoms with Crippen LogP contribution in [0.4, 0.5) is 13.2 Å². The van der Waals surface area contributed by atoms with Crippen molar-refractivity contribution in [3.63, 3.8) is 0 Å². The molecule has 0 bridgehead atoms. The summed E-state index contributed by atoms with van der Waals surface area (Å²) in [6.07, 6.45) is 1.16. The third-order valence-corrected chi connectivity index (χ3v) is 4.96. The van der Waals surface area contributed by atoms with Crippen molar-refractivity contribution < 1.29 is 23.1 Å². The summed E-state index contributed by atoms with van der Waals surface area (Å²) in [6.45, 7) is 2.98. The molecule has 1 fully saturated rings. The molecule has 142 valence electrons. The van der Waals surface area contributed by atoms with E-state index in [-0.39, 0.29) is 0 Å². The van der Waals surface area contributed by atoms with E-state index in [1.807, 2.05) is 0 Å². The molecule has 2 atom stereocenters. The minimum Gasteiger partial charge on any atom is -0.374 e. The minimum atomic E-state index is -4.99. The molecule has 1 N–H and O–H groups in total. The Hall–Kier alpha value is -1.57. The molecule has 2 heterocycles. The maximum Gasteiger partial charge on any atom is 0.425 e. The minimum absolute atomic E-state index is 0.438. The molecule has 25 heavy (non-hydrogen) atoms. The number of imidazole rings is 1. The Labute approximate surface area is 145 Å². The number of aromatic nitrogens is 2. The number of hydrogen-bond acceptors (Lipinski definition) is 3. The first-order valence-corrected chi connectivity index (χ1v) is 8.73. The molecule has 0 aliphatic carbocycles. The number of carbonyl (C=O) groups is 1. The zero-order chi connectivity index (χ0) is 18.7. The third kappa shape index (κ3) is 4.34. The van der Waals surface area contributed by atoms with Crippen LogP contribution in [-0.4, -0.2) is 44.7 Å². The topological polar surface area (TPSA) is 58.4 Å². The number of likely N-dealkylation sites (tertiary alicyclic amines) is 1. The zero-order valence-electron chi connectivity index (χ0n) is 14.7. The highest BCUT2D eigenvalue weighted by molar-refractivity contribution is 5.77. The van der Waals surface area contributed by atoms with Gasteiger partial charge in [-0.1, -0.05) is 19.8 Å². The van der Waals surface area contributed by atoms with Gasteiger partial charge in [-0.25, -0.2) is 4.98 Å². The normalized spacial score (nSPS) is 21.7. The molecule has 1 saturated heterocycles. The Bertz CT molecular complexity index is 588. The summed E-state index contributed by atoms with van der Waals surface area (Å²) in [5, 5.41) is 10.3. The zero-order valence-corrected chi connectivity index (χ0v) is 14.7. The van der Waals surface area contributed by atoms with Gasteiger partial charge in [-0.2, -0.15) is 13.2 Å². The second-order valence-corrected chi connectivity index (χ2v) is 6.86. The van der Waals surface area contributed by atoms with Gasteiger partial charge in [0.25, 0.3) is 0 Å². The molecule has 0 spiro atoms. The van der Waals surface area contributed by atoms with E-state index in [9.17, 15) is 23.1 Å². The molecule has 1 aliphatic rings. The molecule has 5 nitrogen and oxygen atoms in total. The average molecular weight is 361 g/mol. The number of nitrogens with zero attached hydrogens (tertiary/aromatic N) is 3. The number of carbonyl (C=O) groups excluding carboxylic acids is 1. The SMILES string of the molecule is CCCC1CCCN(C(=O)CC(O)(c2nccn2C)C(F)(F)F)CC1. The molecule has 8 heteroatoms. The highest BCUT2D eigenvalue weighted by atomic mass is 19.4. The summed E-state index contributed by atoms with van der Waals surface area (Å²) in [5.74, 6) is -0.731. The largest absolute Gasteiger partial charge is 0.425 e. The molecular formula is C17H26F3N3O2. The Morgan fingerprint density at radius 3 is 2.64 bits per heavy atom. The number of aliphatic hydroxyl groups is 1. The van der Waals surface area contributed by atoms with Crippen LogP contribution in [0.5, 0.6) is 0 Å². The molecule has 2 rings (SSSR count). The van der Waals surface area contributed by atoms with Crippen LogP contribution in [-0.2, 0) is 17.4 Å². The number of hydrogen-bond donors (Lipinski definition) is 1. The smallest absolute Gasteiger partial charge is 0.374 e. The number of aryl methyl sites for hydroxylation is 1. The number of halogens is 3. The van der Waals surface area contributed by atoms with Crippen LogP contribution in [0.3, 0.4) is 0 Å². The van der Waals surface area contributed by atoms with Crippen molar-refractivity contribution in [3.05, 3.63) is 18.2 Å². The molecule has 1 aromatic heterocycles. The summed E-state index contributed by atoms with van der Waals surface area (Å²) >= 11 is 0. The summed E-state index contributed by atoms with van der Waals surface area (Å²) in [7, 11) is 1.37. The fourth-order valence-electron chi connectivity index (χ4n) is 3.51. The Balaban J connectivity index is 2.14. The van der Waals surface area contributed by atoms with Crippen molar-refractivity contribution in [3.8, 4) is 0 Å². The molecule has 1 aliphatic heterocycles. The fourth-order valence-corrected chi connectivity index (χ4v) is 3.51. The molecule has 0 radical (unpaired) electrons. The van der Waals surface area contributed by atoms with Gasteiger partial charge in [0.2, 0.25) is 11.5 Å². The number of alkyl halides is 3. The van der Waals surface area contributed by atoms with E-state index in [1.54, 1.807) is 0 Å². The van der Waals surface area contributed by atoms with Crippen molar-refractivity contribution in [1.29, 1.82) is 0 Å². The summed E-state index contributed by atoms with van der Waals surface area (Å²) < 4.78 is 41.7. The van der Waals surface area contributed by atoms with E-state index >= 15 is 0 Å². The molecule has 2 unspecified atom stereocenters. The Morgan fingerprint density at radius 2 is 2.08 bits per heavy atom. The second kappa shape index (κ2) is 7.76. The lowest BCUT2D eigenvalue weighted by Gasteiger charge is -2.31. The monoisotopic (exact) mass is 361 g/mol. The van der Waals surface area contributed by atoms with Crippen LogP contribution in [0.1, 0.15) is 51.3 Å². The average Bonchev–Trinajstić information content (AvgIpc) is 2.81. The van der Waals surface area contributed by atoms with Crippen LogP contribution in [0.25, 0.3) is 0 Å². The second-order valence-electron chi connectivity index (χ2n) is 6.86. The summed E-state index contributed by atoms with van der Waals surface area (Å²) in [6, 6.07) is 0. The number of rotatable bonds is 5. The highest BCUT2D eigenvalue weighted by Gasteiger charge is 2.59. The van der Waals surface area contributed by atoms with Crippen molar-refractivity contribution in [1.82, 2.24) is 14.5 Å². The van der Waals surface area contributed by atoms with Crippen molar-refractivity contribution in [2.45, 2.75) is 57.2 Å². The molecule has 1 amide bonds. The lowest BCUT2D eigenvalue weighted by Crippen LogP contribution is -2.48. The van der Waals surface area contributed by atoms with E-state index in [4.69, 9.17) is 0 Å². The Morgan fingerprint density at radius 1 is 1.36 bits per heavy atom. The van der Waals surface area contributed by atoms with Crippen molar-refractivity contribution in [2.24, 2.45) is 13.0 Å². The predicted molar refractivity (Wildman–Crippen MR) is 86.6 cm³/mol. The first-order chi connectivity index (χ1) is 11.7. The number of amides is 1. The van der Waals surface area contributed by atoms with E-state index in [0.717, 1.165) is 36.7 Å². The Kier molecular flexibility index (Phi) is 6.13. The first kappa shape index (κ1) is 19.8. The van der Waals surface area contributed by atoms with Gasteiger partial charge >= 0.3 is 6.18 Å². The van der Waals surface area contributed by atoms with Crippen molar-refractivity contribution in [2.75, 3.05) is 13.1 Å². The standard InChI is InChI=1S/C17H26F3N3O2/c1-3-5-13-6-4-9-23(10-7-13)14(24)12-16(25,17(18,19)20)15-21-8-11-22(15)2/h8,11,13,25H,3-7,9-10,12H2,1-2H3. The lowest BCUT2D eigenvalue weighted by molar-refractivity contribution is -0.272. The first-order valence-electron chi connectivity index (χ1n) is 8.73. The highest BCUT2D eigenvalue weighted by Crippen LogP contribution is 2.41. The maximum absolute atomic E-state index is 13.5. The van der Waals surface area contributed by atoms with Gasteiger partial charge in [-0.05, 0) is 25.2 Å². The van der Waals surface area contributed by atoms with Gasteiger partial charge in [0.1, 0.15) is 0 Å². The van der Waals surface area contributed by atoms with Gasteiger partial charge in [-0.15, -0.1) is 0 Å². The van der Waals surface area contributed by atoms with E-state index in [0.29, 0.717) is 19.0 Å². The van der Waals surface area contributed by atoms with Gasteiger partial charge in [0, 0.05) is 32.5 Å². The predicted octanol–water partition coefficient (Wildman–Crippen LogP) is 2.99. The third-order valence-electron chi connectivity index (χ3n) is 4.96.